The lowest BCUT2D eigenvalue weighted by Gasteiger charge is -2.19. The fourth-order valence-electron chi connectivity index (χ4n) is 2.30. The third kappa shape index (κ3) is 5.22. The first-order chi connectivity index (χ1) is 12.0. The highest BCUT2D eigenvalue weighted by molar-refractivity contribution is 7.08. The van der Waals surface area contributed by atoms with Crippen LogP contribution in [0.2, 0.25) is 0 Å². The van der Waals surface area contributed by atoms with Gasteiger partial charge in [0.2, 0.25) is 5.91 Å². The van der Waals surface area contributed by atoms with Gasteiger partial charge in [0.15, 0.2) is 0 Å². The molecule has 2 amide bonds. The largest absolute Gasteiger partial charge is 0.497 e. The Morgan fingerprint density at radius 3 is 2.64 bits per heavy atom. The third-order valence-corrected chi connectivity index (χ3v) is 4.42. The van der Waals surface area contributed by atoms with Crippen LogP contribution in [-0.4, -0.2) is 44.5 Å². The lowest BCUT2D eigenvalue weighted by atomic mass is 10.1. The van der Waals surface area contributed by atoms with Gasteiger partial charge in [-0.25, -0.2) is 0 Å². The van der Waals surface area contributed by atoms with Gasteiger partial charge >= 0.3 is 0 Å². The van der Waals surface area contributed by atoms with Crippen LogP contribution >= 0.6 is 11.3 Å². The molecule has 0 unspecified atom stereocenters. The number of benzene rings is 1. The molecule has 6 nitrogen and oxygen atoms in total. The summed E-state index contributed by atoms with van der Waals surface area (Å²) in [4.78, 5) is 25.7. The van der Waals surface area contributed by atoms with Crippen molar-refractivity contribution in [3.63, 3.8) is 0 Å². The summed E-state index contributed by atoms with van der Waals surface area (Å²) in [5.41, 5.74) is 1.51. The Morgan fingerprint density at radius 1 is 1.20 bits per heavy atom. The third-order valence-electron chi connectivity index (χ3n) is 3.74. The highest BCUT2D eigenvalue weighted by atomic mass is 32.1. The molecule has 1 heterocycles. The molecule has 0 saturated carbocycles. The van der Waals surface area contributed by atoms with E-state index in [9.17, 15) is 9.59 Å². The zero-order valence-electron chi connectivity index (χ0n) is 14.6. The summed E-state index contributed by atoms with van der Waals surface area (Å²) in [6.45, 7) is 0.724. The van der Waals surface area contributed by atoms with Crippen LogP contribution in [0.3, 0.4) is 0 Å². The van der Waals surface area contributed by atoms with Gasteiger partial charge in [-0.1, -0.05) is 0 Å². The first-order valence-corrected chi connectivity index (χ1v) is 8.74. The lowest BCUT2D eigenvalue weighted by molar-refractivity contribution is -0.130. The number of hydrogen-bond acceptors (Lipinski definition) is 5. The van der Waals surface area contributed by atoms with Crippen molar-refractivity contribution in [1.82, 2.24) is 10.2 Å². The van der Waals surface area contributed by atoms with Crippen molar-refractivity contribution in [3.8, 4) is 11.5 Å². The second kappa shape index (κ2) is 9.08. The highest BCUT2D eigenvalue weighted by Gasteiger charge is 2.13. The summed E-state index contributed by atoms with van der Waals surface area (Å²) in [6, 6.07) is 7.25. The van der Waals surface area contributed by atoms with E-state index in [2.05, 4.69) is 5.32 Å². The number of carbonyl (C=O) groups excluding carboxylic acids is 2. The molecule has 7 heteroatoms. The van der Waals surface area contributed by atoms with Crippen LogP contribution in [0.4, 0.5) is 0 Å². The quantitative estimate of drug-likeness (QED) is 0.784. The number of hydrogen-bond donors (Lipinski definition) is 1. The summed E-state index contributed by atoms with van der Waals surface area (Å²) in [5.74, 6) is 1.16. The number of thiophene rings is 1. The van der Waals surface area contributed by atoms with Crippen LogP contribution in [0.15, 0.2) is 35.0 Å². The van der Waals surface area contributed by atoms with Gasteiger partial charge < -0.3 is 19.7 Å². The molecule has 0 saturated heterocycles. The number of ether oxygens (including phenoxy) is 2. The minimum absolute atomic E-state index is 0.0523. The fourth-order valence-corrected chi connectivity index (χ4v) is 2.93. The van der Waals surface area contributed by atoms with Gasteiger partial charge in [0.05, 0.1) is 14.2 Å². The Labute approximate surface area is 151 Å². The topological polar surface area (TPSA) is 67.9 Å². The molecule has 2 aromatic rings. The van der Waals surface area contributed by atoms with Crippen molar-refractivity contribution in [2.24, 2.45) is 0 Å². The number of nitrogens with zero attached hydrogens (tertiary/aromatic N) is 1. The first-order valence-electron chi connectivity index (χ1n) is 7.80. The molecule has 0 atom stereocenters. The van der Waals surface area contributed by atoms with E-state index < -0.39 is 0 Å². The van der Waals surface area contributed by atoms with Crippen LogP contribution in [0.25, 0.3) is 0 Å². The maximum atomic E-state index is 12.2. The van der Waals surface area contributed by atoms with E-state index in [1.165, 1.54) is 11.3 Å². The normalized spacial score (nSPS) is 10.2. The van der Waals surface area contributed by atoms with Crippen LogP contribution < -0.4 is 14.8 Å². The van der Waals surface area contributed by atoms with E-state index >= 15 is 0 Å². The minimum Gasteiger partial charge on any atom is -0.497 e. The summed E-state index contributed by atoms with van der Waals surface area (Å²) >= 11 is 1.46. The van der Waals surface area contributed by atoms with Crippen molar-refractivity contribution in [2.45, 2.75) is 13.0 Å². The van der Waals surface area contributed by atoms with E-state index in [0.717, 1.165) is 5.56 Å². The maximum absolute atomic E-state index is 12.2. The van der Waals surface area contributed by atoms with E-state index in [4.69, 9.17) is 9.47 Å². The average Bonchev–Trinajstić information content (AvgIpc) is 3.16. The maximum Gasteiger partial charge on any atom is 0.252 e. The zero-order valence-corrected chi connectivity index (χ0v) is 15.4. The molecule has 0 aliphatic heterocycles. The Morgan fingerprint density at radius 2 is 2.00 bits per heavy atom. The zero-order chi connectivity index (χ0) is 18.2. The van der Waals surface area contributed by atoms with Crippen molar-refractivity contribution in [3.05, 3.63) is 46.2 Å². The molecule has 2 rings (SSSR count). The van der Waals surface area contributed by atoms with Crippen molar-refractivity contribution in [1.29, 1.82) is 0 Å². The molecule has 0 aliphatic carbocycles. The van der Waals surface area contributed by atoms with E-state index in [-0.39, 0.29) is 18.2 Å². The Balaban J connectivity index is 1.85. The Hall–Kier alpha value is -2.54. The molecule has 134 valence electrons. The molecule has 1 aromatic carbocycles. The second-order valence-electron chi connectivity index (χ2n) is 5.45. The standard InChI is InChI=1S/C18H22N2O4S/c1-20(11-13-4-5-15(23-2)10-16(13)24-3)17(21)6-8-19-18(22)14-7-9-25-12-14/h4-5,7,9-10,12H,6,8,11H2,1-3H3,(H,19,22). The molecule has 1 aromatic heterocycles. The lowest BCUT2D eigenvalue weighted by Crippen LogP contribution is -2.31. The SMILES string of the molecule is COc1ccc(CN(C)C(=O)CCNC(=O)c2ccsc2)c(OC)c1. The molecule has 1 N–H and O–H groups in total. The van der Waals surface area contributed by atoms with Gasteiger partial charge in [-0.3, -0.25) is 9.59 Å². The molecular weight excluding hydrogens is 340 g/mol. The molecule has 0 fully saturated rings. The molecule has 0 radical (unpaired) electrons. The number of rotatable bonds is 8. The Bertz CT molecular complexity index is 716. The fraction of sp³-hybridized carbons (Fsp3) is 0.333. The molecular formula is C18H22N2O4S. The van der Waals surface area contributed by atoms with Crippen molar-refractivity contribution in [2.75, 3.05) is 27.8 Å². The monoisotopic (exact) mass is 362 g/mol. The van der Waals surface area contributed by atoms with Crippen LogP contribution in [0.5, 0.6) is 11.5 Å². The summed E-state index contributed by atoms with van der Waals surface area (Å²) in [7, 11) is 4.90. The molecule has 0 spiro atoms. The molecule has 25 heavy (non-hydrogen) atoms. The average molecular weight is 362 g/mol. The summed E-state index contributed by atoms with van der Waals surface area (Å²) in [6.07, 6.45) is 0.241. The summed E-state index contributed by atoms with van der Waals surface area (Å²) in [5, 5.41) is 6.37. The van der Waals surface area contributed by atoms with Gasteiger partial charge in [-0.05, 0) is 23.6 Å². The number of amides is 2. The van der Waals surface area contributed by atoms with Crippen molar-refractivity contribution >= 4 is 23.2 Å². The number of carbonyl (C=O) groups is 2. The van der Waals surface area contributed by atoms with E-state index in [0.29, 0.717) is 30.2 Å². The van der Waals surface area contributed by atoms with Gasteiger partial charge in [0, 0.05) is 49.1 Å². The second-order valence-corrected chi connectivity index (χ2v) is 6.23. The molecule has 0 aliphatic rings. The van der Waals surface area contributed by atoms with Crippen LogP contribution in [-0.2, 0) is 11.3 Å². The smallest absolute Gasteiger partial charge is 0.252 e. The summed E-state index contributed by atoms with van der Waals surface area (Å²) < 4.78 is 10.5. The van der Waals surface area contributed by atoms with E-state index in [1.54, 1.807) is 43.7 Å². The number of methoxy groups -OCH3 is 2. The highest BCUT2D eigenvalue weighted by Crippen LogP contribution is 2.25. The van der Waals surface area contributed by atoms with Crippen LogP contribution in [0, 0.1) is 0 Å². The predicted molar refractivity (Wildman–Crippen MR) is 97.3 cm³/mol. The Kier molecular flexibility index (Phi) is 6.82. The van der Waals surface area contributed by atoms with Gasteiger partial charge in [-0.2, -0.15) is 11.3 Å². The predicted octanol–water partition coefficient (Wildman–Crippen LogP) is 2.54. The van der Waals surface area contributed by atoms with Gasteiger partial charge in [-0.15, -0.1) is 0 Å². The van der Waals surface area contributed by atoms with Crippen LogP contribution in [0.1, 0.15) is 22.3 Å². The van der Waals surface area contributed by atoms with Gasteiger partial charge in [0.25, 0.3) is 5.91 Å². The van der Waals surface area contributed by atoms with Crippen molar-refractivity contribution < 1.29 is 19.1 Å². The van der Waals surface area contributed by atoms with Gasteiger partial charge in [0.1, 0.15) is 11.5 Å². The molecule has 0 bridgehead atoms. The first kappa shape index (κ1) is 18.8. The van der Waals surface area contributed by atoms with E-state index in [1.807, 2.05) is 17.5 Å². The minimum atomic E-state index is -0.159. The number of nitrogens with one attached hydrogen (secondary N) is 1.